The number of rotatable bonds is 7. The van der Waals surface area contributed by atoms with Crippen molar-refractivity contribution in [3.63, 3.8) is 0 Å². The Labute approximate surface area is 201 Å². The van der Waals surface area contributed by atoms with E-state index >= 15 is 0 Å². The van der Waals surface area contributed by atoms with Gasteiger partial charge in [0.05, 0.1) is 0 Å². The number of allylic oxidation sites excluding steroid dienone is 1. The summed E-state index contributed by atoms with van der Waals surface area (Å²) in [5, 5.41) is 0. The number of halogens is 3. The van der Waals surface area contributed by atoms with Crippen molar-refractivity contribution in [2.75, 3.05) is 0 Å². The topological polar surface area (TPSA) is 0 Å². The molecule has 0 aliphatic heterocycles. The zero-order valence-electron chi connectivity index (χ0n) is 20.1. The monoisotopic (exact) mass is 462 g/mol. The summed E-state index contributed by atoms with van der Waals surface area (Å²) in [7, 11) is 0. The predicted molar refractivity (Wildman–Crippen MR) is 135 cm³/mol. The Kier molecular flexibility index (Phi) is 7.92. The van der Waals surface area contributed by atoms with Crippen molar-refractivity contribution in [1.82, 2.24) is 0 Å². The van der Waals surface area contributed by atoms with E-state index in [0.29, 0.717) is 29.4 Å². The zero-order chi connectivity index (χ0) is 24.1. The van der Waals surface area contributed by atoms with Gasteiger partial charge >= 0.3 is 0 Å². The second-order valence-electron chi connectivity index (χ2n) is 9.45. The maximum Gasteiger partial charge on any atom is 0.167 e. The maximum atomic E-state index is 14.8. The highest BCUT2D eigenvalue weighted by Gasteiger charge is 2.22. The Bertz CT molecular complexity index is 1140. The minimum absolute atomic E-state index is 0.111. The summed E-state index contributed by atoms with van der Waals surface area (Å²) in [4.78, 5) is 0. The Balaban J connectivity index is 1.40. The molecular formula is C31H33F3. The van der Waals surface area contributed by atoms with Crippen LogP contribution >= 0.6 is 0 Å². The molecule has 1 aliphatic carbocycles. The fourth-order valence-corrected chi connectivity index (χ4v) is 5.04. The first-order chi connectivity index (χ1) is 16.5. The maximum absolute atomic E-state index is 14.8. The van der Waals surface area contributed by atoms with E-state index in [1.807, 2.05) is 43.3 Å². The summed E-state index contributed by atoms with van der Waals surface area (Å²) in [6, 6.07) is 16.6. The van der Waals surface area contributed by atoms with E-state index in [2.05, 4.69) is 13.0 Å². The van der Waals surface area contributed by atoms with Gasteiger partial charge in [0.1, 0.15) is 5.82 Å². The quantitative estimate of drug-likeness (QED) is 0.328. The van der Waals surface area contributed by atoms with Gasteiger partial charge in [-0.15, -0.1) is 0 Å². The van der Waals surface area contributed by atoms with E-state index < -0.39 is 11.6 Å². The van der Waals surface area contributed by atoms with Crippen LogP contribution in [0.3, 0.4) is 0 Å². The van der Waals surface area contributed by atoms with Gasteiger partial charge in [0.2, 0.25) is 0 Å². The lowest BCUT2D eigenvalue weighted by Crippen LogP contribution is -2.12. The largest absolute Gasteiger partial charge is 0.207 e. The van der Waals surface area contributed by atoms with Gasteiger partial charge in [-0.3, -0.25) is 0 Å². The molecule has 1 aliphatic rings. The smallest absolute Gasteiger partial charge is 0.167 e. The van der Waals surface area contributed by atoms with Crippen molar-refractivity contribution in [1.29, 1.82) is 0 Å². The van der Waals surface area contributed by atoms with Gasteiger partial charge < -0.3 is 0 Å². The zero-order valence-corrected chi connectivity index (χ0v) is 20.1. The van der Waals surface area contributed by atoms with Gasteiger partial charge in [-0.25, -0.2) is 13.2 Å². The fourth-order valence-electron chi connectivity index (χ4n) is 5.04. The minimum atomic E-state index is -0.799. The second-order valence-corrected chi connectivity index (χ2v) is 9.45. The standard InChI is InChI=1S/C31H33F3/c1-3-5-21-8-13-25(14-9-21)28-19-18-26(30(33)31(28)34)15-10-22-6-11-24(12-7-22)27-17-16-23(4-2)29(32)20-27/h8-10,13-20,22,24H,3-7,11-12H2,1-2H3/b15-10+. The lowest BCUT2D eigenvalue weighted by atomic mass is 9.78. The number of benzene rings is 3. The summed E-state index contributed by atoms with van der Waals surface area (Å²) < 4.78 is 43.8. The summed E-state index contributed by atoms with van der Waals surface area (Å²) in [5.74, 6) is -1.02. The molecule has 0 spiro atoms. The van der Waals surface area contributed by atoms with Gasteiger partial charge in [-0.05, 0) is 78.7 Å². The third kappa shape index (κ3) is 5.46. The fraction of sp³-hybridized carbons (Fsp3) is 0.355. The molecule has 3 aromatic carbocycles. The van der Waals surface area contributed by atoms with E-state index in [1.165, 1.54) is 5.56 Å². The summed E-state index contributed by atoms with van der Waals surface area (Å²) in [6.45, 7) is 4.08. The van der Waals surface area contributed by atoms with Crippen LogP contribution in [0.15, 0.2) is 60.7 Å². The third-order valence-electron chi connectivity index (χ3n) is 7.17. The molecule has 0 radical (unpaired) electrons. The average molecular weight is 463 g/mol. The molecule has 1 fully saturated rings. The van der Waals surface area contributed by atoms with Gasteiger partial charge in [0.15, 0.2) is 11.6 Å². The molecular weight excluding hydrogens is 429 g/mol. The molecule has 4 rings (SSSR count). The third-order valence-corrected chi connectivity index (χ3v) is 7.17. The normalized spacial score (nSPS) is 18.5. The van der Waals surface area contributed by atoms with Crippen LogP contribution in [0.25, 0.3) is 17.2 Å². The van der Waals surface area contributed by atoms with Gasteiger partial charge in [-0.2, -0.15) is 0 Å². The number of hydrogen-bond acceptors (Lipinski definition) is 0. The summed E-state index contributed by atoms with van der Waals surface area (Å²) in [5.41, 5.74) is 4.29. The molecule has 0 bridgehead atoms. The van der Waals surface area contributed by atoms with Crippen LogP contribution in [0.5, 0.6) is 0 Å². The molecule has 3 heteroatoms. The highest BCUT2D eigenvalue weighted by molar-refractivity contribution is 5.67. The Morgan fingerprint density at radius 1 is 0.824 bits per heavy atom. The van der Waals surface area contributed by atoms with Crippen molar-refractivity contribution in [3.8, 4) is 11.1 Å². The predicted octanol–water partition coefficient (Wildman–Crippen LogP) is 9.27. The number of aryl methyl sites for hydroxylation is 2. The van der Waals surface area contributed by atoms with E-state index in [4.69, 9.17) is 0 Å². The molecule has 1 saturated carbocycles. The van der Waals surface area contributed by atoms with Crippen LogP contribution in [0, 0.1) is 23.4 Å². The first-order valence-electron chi connectivity index (χ1n) is 12.5. The Morgan fingerprint density at radius 2 is 1.56 bits per heavy atom. The minimum Gasteiger partial charge on any atom is -0.207 e. The molecule has 178 valence electrons. The molecule has 0 saturated heterocycles. The van der Waals surface area contributed by atoms with Crippen molar-refractivity contribution in [2.24, 2.45) is 5.92 Å². The molecule has 0 unspecified atom stereocenters. The lowest BCUT2D eigenvalue weighted by Gasteiger charge is -2.27. The van der Waals surface area contributed by atoms with Crippen LogP contribution in [0.4, 0.5) is 13.2 Å². The van der Waals surface area contributed by atoms with Crippen molar-refractivity contribution in [3.05, 3.63) is 100 Å². The van der Waals surface area contributed by atoms with Crippen LogP contribution in [0.1, 0.15) is 74.1 Å². The summed E-state index contributed by atoms with van der Waals surface area (Å²) >= 11 is 0. The van der Waals surface area contributed by atoms with E-state index in [0.717, 1.165) is 49.7 Å². The van der Waals surface area contributed by atoms with E-state index in [1.54, 1.807) is 24.3 Å². The van der Waals surface area contributed by atoms with Gasteiger partial charge in [-0.1, -0.05) is 81.0 Å². The molecule has 3 aromatic rings. The first-order valence-corrected chi connectivity index (χ1v) is 12.5. The molecule has 0 amide bonds. The van der Waals surface area contributed by atoms with Crippen LogP contribution in [-0.2, 0) is 12.8 Å². The number of hydrogen-bond donors (Lipinski definition) is 0. The highest BCUT2D eigenvalue weighted by atomic mass is 19.2. The van der Waals surface area contributed by atoms with Gasteiger partial charge in [0.25, 0.3) is 0 Å². The van der Waals surface area contributed by atoms with Crippen LogP contribution < -0.4 is 0 Å². The molecule has 0 aromatic heterocycles. The van der Waals surface area contributed by atoms with Crippen molar-refractivity contribution >= 4 is 6.08 Å². The van der Waals surface area contributed by atoms with Crippen molar-refractivity contribution in [2.45, 2.75) is 64.7 Å². The molecule has 34 heavy (non-hydrogen) atoms. The van der Waals surface area contributed by atoms with Gasteiger partial charge in [0, 0.05) is 11.1 Å². The average Bonchev–Trinajstić information content (AvgIpc) is 2.86. The highest BCUT2D eigenvalue weighted by Crippen LogP contribution is 2.37. The Morgan fingerprint density at radius 3 is 2.21 bits per heavy atom. The lowest BCUT2D eigenvalue weighted by molar-refractivity contribution is 0.376. The van der Waals surface area contributed by atoms with E-state index in [9.17, 15) is 13.2 Å². The summed E-state index contributed by atoms with van der Waals surface area (Å²) in [6.07, 6.45) is 10.3. The second kappa shape index (κ2) is 11.1. The molecule has 0 N–H and O–H groups in total. The molecule has 0 heterocycles. The van der Waals surface area contributed by atoms with Crippen LogP contribution in [-0.4, -0.2) is 0 Å². The van der Waals surface area contributed by atoms with Crippen LogP contribution in [0.2, 0.25) is 0 Å². The first kappa shape index (κ1) is 24.3. The van der Waals surface area contributed by atoms with Crippen molar-refractivity contribution < 1.29 is 13.2 Å². The van der Waals surface area contributed by atoms with E-state index in [-0.39, 0.29) is 11.4 Å². The molecule has 0 atom stereocenters. The SMILES string of the molecule is CCCc1ccc(-c2ccc(/C=C/C3CCC(c4ccc(CC)c(F)c4)CC3)c(F)c2F)cc1. The Hall–Kier alpha value is -2.81. The molecule has 0 nitrogen and oxygen atoms in total.